The number of aliphatic hydroxyl groups is 7. The number of allylic oxidation sites excluding steroid dienone is 2. The van der Waals surface area contributed by atoms with Crippen molar-refractivity contribution < 1.29 is 69.0 Å². The molecule has 7 N–H and O–H groups in total. The molecule has 14 heteroatoms. The molecular formula is C60H114O14. The normalized spacial score (nSPS) is 24.8. The van der Waals surface area contributed by atoms with Gasteiger partial charge in [0, 0.05) is 13.0 Å². The molecule has 0 radical (unpaired) electrons. The van der Waals surface area contributed by atoms with Crippen LogP contribution in [0.1, 0.15) is 264 Å². The van der Waals surface area contributed by atoms with E-state index in [1.54, 1.807) is 0 Å². The van der Waals surface area contributed by atoms with Crippen molar-refractivity contribution >= 4 is 5.97 Å². The van der Waals surface area contributed by atoms with Crippen LogP contribution < -0.4 is 0 Å². The fraction of sp³-hybridized carbons (Fsp3) is 0.950. The molecule has 0 saturated carbocycles. The summed E-state index contributed by atoms with van der Waals surface area (Å²) in [7, 11) is 0. The van der Waals surface area contributed by atoms with Gasteiger partial charge in [0.05, 0.1) is 26.4 Å². The van der Waals surface area contributed by atoms with E-state index in [1.165, 1.54) is 199 Å². The maximum atomic E-state index is 13.1. The fourth-order valence-corrected chi connectivity index (χ4v) is 10.0. The second-order valence-corrected chi connectivity index (χ2v) is 21.9. The second kappa shape index (κ2) is 47.7. The van der Waals surface area contributed by atoms with Gasteiger partial charge in [0.1, 0.15) is 54.9 Å². The lowest BCUT2D eigenvalue weighted by Crippen LogP contribution is -2.61. The van der Waals surface area contributed by atoms with Gasteiger partial charge in [-0.1, -0.05) is 231 Å². The number of ether oxygens (including phenoxy) is 6. The number of esters is 1. The Morgan fingerprint density at radius 1 is 0.432 bits per heavy atom. The fourth-order valence-electron chi connectivity index (χ4n) is 10.0. The summed E-state index contributed by atoms with van der Waals surface area (Å²) in [6, 6.07) is 0. The van der Waals surface area contributed by atoms with Gasteiger partial charge < -0.3 is 64.2 Å². The van der Waals surface area contributed by atoms with Gasteiger partial charge >= 0.3 is 5.97 Å². The number of unbranched alkanes of at least 4 members (excludes halogenated alkanes) is 35. The quantitative estimate of drug-likeness (QED) is 0.0172. The van der Waals surface area contributed by atoms with Crippen molar-refractivity contribution in [1.29, 1.82) is 0 Å². The van der Waals surface area contributed by atoms with Crippen LogP contribution in [0.2, 0.25) is 0 Å². The SMILES string of the molecule is CCCCCCCCCC/C=C\CCCCCCCCCCCCCCCCOCC(COC1OC(COC2OC(CO)C(O)C(O)C2O)C(O)C(O)C1O)OC(=O)CCCCCCCCCCCCCCCC. The Kier molecular flexibility index (Phi) is 44.4. The van der Waals surface area contributed by atoms with Crippen molar-refractivity contribution in [2.45, 2.75) is 332 Å². The Hall–Kier alpha value is -1.27. The summed E-state index contributed by atoms with van der Waals surface area (Å²) in [6.07, 6.45) is 37.1. The lowest BCUT2D eigenvalue weighted by atomic mass is 9.98. The monoisotopic (exact) mass is 1060 g/mol. The topological polar surface area (TPSA) is 214 Å². The molecule has 0 spiro atoms. The number of hydrogen-bond acceptors (Lipinski definition) is 14. The minimum absolute atomic E-state index is 0.0684. The molecule has 14 nitrogen and oxygen atoms in total. The number of carbonyl (C=O) groups is 1. The molecule has 74 heavy (non-hydrogen) atoms. The third kappa shape index (κ3) is 33.9. The predicted molar refractivity (Wildman–Crippen MR) is 294 cm³/mol. The van der Waals surface area contributed by atoms with Crippen LogP contribution in [0.25, 0.3) is 0 Å². The van der Waals surface area contributed by atoms with E-state index in [0.717, 1.165) is 38.5 Å². The first kappa shape index (κ1) is 68.8. The van der Waals surface area contributed by atoms with Crippen LogP contribution >= 0.6 is 0 Å². The standard InChI is InChI=1S/C60H114O14/c1-3-5-7-9-11-13-15-17-19-20-21-22-23-24-25-26-27-28-29-30-32-34-36-38-40-42-44-69-46-49(72-52(62)43-41-39-37-35-33-31-18-16-14-12-10-8-6-4-2)47-70-59-58(68)56(66)54(64)51(74-59)48-71-60-57(67)55(65)53(63)50(45-61)73-60/h20-21,49-51,53-61,63-68H,3-19,22-48H2,1-2H3/b21-20-. The Bertz CT molecular complexity index is 1270. The number of hydrogen-bond donors (Lipinski definition) is 7. The first-order chi connectivity index (χ1) is 36.1. The Labute approximate surface area is 450 Å². The summed E-state index contributed by atoms with van der Waals surface area (Å²) >= 11 is 0. The first-order valence-electron chi connectivity index (χ1n) is 30.8. The largest absolute Gasteiger partial charge is 0.457 e. The van der Waals surface area contributed by atoms with Crippen molar-refractivity contribution in [2.75, 3.05) is 33.0 Å². The molecule has 11 unspecified atom stereocenters. The lowest BCUT2D eigenvalue weighted by Gasteiger charge is -2.42. The Morgan fingerprint density at radius 2 is 0.797 bits per heavy atom. The summed E-state index contributed by atoms with van der Waals surface area (Å²) < 4.78 is 34.4. The van der Waals surface area contributed by atoms with Crippen LogP contribution in [0.15, 0.2) is 12.2 Å². The third-order valence-corrected chi connectivity index (χ3v) is 15.0. The summed E-state index contributed by atoms with van der Waals surface area (Å²) in [5.74, 6) is -0.370. The maximum Gasteiger partial charge on any atom is 0.306 e. The maximum absolute atomic E-state index is 13.1. The average molecular weight is 1060 g/mol. The van der Waals surface area contributed by atoms with Crippen molar-refractivity contribution in [1.82, 2.24) is 0 Å². The van der Waals surface area contributed by atoms with Gasteiger partial charge in [-0.05, 0) is 38.5 Å². The van der Waals surface area contributed by atoms with Crippen LogP contribution in [-0.2, 0) is 33.2 Å². The van der Waals surface area contributed by atoms with Gasteiger partial charge in [-0.15, -0.1) is 0 Å². The summed E-state index contributed by atoms with van der Waals surface area (Å²) in [5.41, 5.74) is 0. The van der Waals surface area contributed by atoms with E-state index >= 15 is 0 Å². The van der Waals surface area contributed by atoms with Crippen LogP contribution in [0, 0.1) is 0 Å². The molecule has 0 bridgehead atoms. The van der Waals surface area contributed by atoms with Crippen LogP contribution in [0.3, 0.4) is 0 Å². The number of rotatable bonds is 51. The van der Waals surface area contributed by atoms with Gasteiger partial charge in [-0.3, -0.25) is 4.79 Å². The molecule has 0 amide bonds. The van der Waals surface area contributed by atoms with E-state index in [9.17, 15) is 40.5 Å². The minimum Gasteiger partial charge on any atom is -0.457 e. The summed E-state index contributed by atoms with van der Waals surface area (Å²) in [5, 5.41) is 72.3. The summed E-state index contributed by atoms with van der Waals surface area (Å²) in [4.78, 5) is 13.1. The van der Waals surface area contributed by atoms with E-state index in [1.807, 2.05) is 0 Å². The molecule has 0 aromatic carbocycles. The van der Waals surface area contributed by atoms with Gasteiger partial charge in [0.2, 0.25) is 0 Å². The highest BCUT2D eigenvalue weighted by molar-refractivity contribution is 5.69. The Balaban J connectivity index is 1.65. The van der Waals surface area contributed by atoms with Gasteiger partial charge in [0.25, 0.3) is 0 Å². The summed E-state index contributed by atoms with van der Waals surface area (Å²) in [6.45, 7) is 3.75. The van der Waals surface area contributed by atoms with Crippen LogP contribution in [0.4, 0.5) is 0 Å². The molecule has 438 valence electrons. The van der Waals surface area contributed by atoms with E-state index in [2.05, 4.69) is 26.0 Å². The minimum atomic E-state index is -1.70. The second-order valence-electron chi connectivity index (χ2n) is 21.9. The van der Waals surface area contributed by atoms with E-state index in [0.29, 0.717) is 13.0 Å². The molecular weight excluding hydrogens is 945 g/mol. The zero-order chi connectivity index (χ0) is 53.7. The zero-order valence-electron chi connectivity index (χ0n) is 47.1. The van der Waals surface area contributed by atoms with Crippen molar-refractivity contribution in [2.24, 2.45) is 0 Å². The van der Waals surface area contributed by atoms with Crippen LogP contribution in [-0.4, -0.2) is 142 Å². The van der Waals surface area contributed by atoms with Crippen molar-refractivity contribution in [3.05, 3.63) is 12.2 Å². The Morgan fingerprint density at radius 3 is 1.23 bits per heavy atom. The highest BCUT2D eigenvalue weighted by Gasteiger charge is 2.47. The molecule has 11 atom stereocenters. The molecule has 2 fully saturated rings. The van der Waals surface area contributed by atoms with Crippen molar-refractivity contribution in [3.8, 4) is 0 Å². The van der Waals surface area contributed by atoms with Gasteiger partial charge in [-0.2, -0.15) is 0 Å². The third-order valence-electron chi connectivity index (χ3n) is 15.0. The molecule has 0 aromatic rings. The zero-order valence-corrected chi connectivity index (χ0v) is 47.1. The highest BCUT2D eigenvalue weighted by Crippen LogP contribution is 2.27. The first-order valence-corrected chi connectivity index (χ1v) is 30.8. The molecule has 0 aliphatic carbocycles. The van der Waals surface area contributed by atoms with Gasteiger partial charge in [-0.25, -0.2) is 0 Å². The average Bonchev–Trinajstić information content (AvgIpc) is 3.40. The van der Waals surface area contributed by atoms with E-state index < -0.39 is 80.7 Å². The van der Waals surface area contributed by atoms with Crippen LogP contribution in [0.5, 0.6) is 0 Å². The highest BCUT2D eigenvalue weighted by atomic mass is 16.7. The van der Waals surface area contributed by atoms with Gasteiger partial charge in [0.15, 0.2) is 12.6 Å². The molecule has 0 aromatic heterocycles. The molecule has 2 saturated heterocycles. The predicted octanol–water partition coefficient (Wildman–Crippen LogP) is 11.4. The number of aliphatic hydroxyl groups excluding tert-OH is 7. The lowest BCUT2D eigenvalue weighted by molar-refractivity contribution is -0.332. The molecule has 2 heterocycles. The smallest absolute Gasteiger partial charge is 0.306 e. The van der Waals surface area contributed by atoms with E-state index in [-0.39, 0.29) is 25.6 Å². The van der Waals surface area contributed by atoms with E-state index in [4.69, 9.17) is 28.4 Å². The number of carbonyl (C=O) groups excluding carboxylic acids is 1. The van der Waals surface area contributed by atoms with Crippen molar-refractivity contribution in [3.63, 3.8) is 0 Å². The molecule has 2 rings (SSSR count). The molecule has 2 aliphatic rings. The molecule has 2 aliphatic heterocycles.